The van der Waals surface area contributed by atoms with Gasteiger partial charge in [-0.1, -0.05) is 57.4 Å². The van der Waals surface area contributed by atoms with Crippen LogP contribution in [0.15, 0.2) is 48.8 Å². The molecule has 19 nitrogen and oxygen atoms in total. The van der Waals surface area contributed by atoms with Crippen molar-refractivity contribution in [1.29, 1.82) is 0 Å². The van der Waals surface area contributed by atoms with Crippen LogP contribution in [0.5, 0.6) is 0 Å². The third-order valence-corrected chi connectivity index (χ3v) is 21.2. The van der Waals surface area contributed by atoms with Crippen molar-refractivity contribution in [3.63, 3.8) is 0 Å². The highest BCUT2D eigenvalue weighted by molar-refractivity contribution is 5.94. The lowest BCUT2D eigenvalue weighted by Gasteiger charge is -2.48. The van der Waals surface area contributed by atoms with Gasteiger partial charge in [0.15, 0.2) is 0 Å². The molecule has 8 atom stereocenters. The first-order valence-corrected chi connectivity index (χ1v) is 32.8. The highest BCUT2D eigenvalue weighted by Gasteiger charge is 2.47. The molecule has 0 bridgehead atoms. The van der Waals surface area contributed by atoms with Gasteiger partial charge in [0.05, 0.1) is 36.4 Å². The van der Waals surface area contributed by atoms with Gasteiger partial charge in [-0.05, 0) is 164 Å². The summed E-state index contributed by atoms with van der Waals surface area (Å²) in [7, 11) is 3.94. The van der Waals surface area contributed by atoms with Crippen molar-refractivity contribution >= 4 is 46.9 Å². The predicted molar refractivity (Wildman–Crippen MR) is 333 cm³/mol. The van der Waals surface area contributed by atoms with Gasteiger partial charge in [-0.25, -0.2) is 18.7 Å². The first-order chi connectivity index (χ1) is 41.9. The molecule has 5 amide bonds. The molecule has 11 rings (SSSR count). The number of hydrogen-bond donors (Lipinski definition) is 6. The molecule has 5 saturated heterocycles. The second-order valence-electron chi connectivity index (χ2n) is 27.9. The van der Waals surface area contributed by atoms with Crippen LogP contribution < -0.4 is 41.7 Å². The molecule has 2 saturated carbocycles. The van der Waals surface area contributed by atoms with E-state index < -0.39 is 41.3 Å². The number of halogens is 2. The van der Waals surface area contributed by atoms with Gasteiger partial charge in [0.1, 0.15) is 41.7 Å². The molecule has 8 aliphatic rings. The first kappa shape index (κ1) is 62.6. The number of carbonyl (C=O) groups is 5. The Balaban J connectivity index is 0.622. The molecule has 2 aromatic carbocycles. The number of piperazine rings is 1. The number of likely N-dealkylation sites (N-methyl/N-ethyl adjacent to an activating group) is 1. The molecule has 1 aromatic heterocycles. The quantitative estimate of drug-likeness (QED) is 0.0747. The zero-order chi connectivity index (χ0) is 61.0. The molecule has 21 heteroatoms. The van der Waals surface area contributed by atoms with E-state index in [1.54, 1.807) is 30.1 Å². The van der Waals surface area contributed by atoms with Gasteiger partial charge in [-0.15, -0.1) is 0 Å². The zero-order valence-electron chi connectivity index (χ0n) is 52.2. The van der Waals surface area contributed by atoms with Crippen molar-refractivity contribution in [2.45, 2.75) is 172 Å². The minimum Gasteiger partial charge on any atom is -0.370 e. The standard InChI is InChI=1S/C66H96F2N14O5/c1-43(69-4)62(85)75-61(45-14-7-6-8-15-45)64(87)82-38-49(32-56(82)63(86)74-54-18-11-16-44-13-9-10-17-51(44)54)73-59(83)39-79-35-46-29-50(30-47(46)36-79)77(5)24-12-23-70-57-34-58(72-42-71-57)80-27-21-66(22-28-80)41-81(40-60(84)76-66)55-33-52(67)48(31-53(55)68)37-78-25-19-65(2,3)20-26-78/h9-10,13,17,31,33-34,42-43,45-47,49-50,54,56,61,69H,6-8,11-12,14-16,18-30,32,35-41H2,1-5H3,(H,73,83)(H,74,86)(H,75,85)(H,76,84)(H,70,71,72)/t43-,46-,47+,49?,50-,54-,56-,61-/m0/s1. The lowest BCUT2D eigenvalue weighted by Crippen LogP contribution is -2.66. The minimum atomic E-state index is -0.787. The Kier molecular flexibility index (Phi) is 19.7. The van der Waals surface area contributed by atoms with E-state index in [1.165, 1.54) is 17.7 Å². The number of piperidine rings is 2. The molecular formula is C66H96F2N14O5. The third-order valence-electron chi connectivity index (χ3n) is 21.2. The largest absolute Gasteiger partial charge is 0.370 e. The lowest BCUT2D eigenvalue weighted by molar-refractivity contribution is -0.143. The second kappa shape index (κ2) is 27.4. The monoisotopic (exact) mass is 1200 g/mol. The highest BCUT2D eigenvalue weighted by Crippen LogP contribution is 2.41. The van der Waals surface area contributed by atoms with Crippen molar-refractivity contribution in [1.82, 2.24) is 56.2 Å². The smallest absolute Gasteiger partial charge is 0.246 e. The number of anilines is 3. The fraction of sp³-hybridized carbons (Fsp3) is 0.682. The molecule has 6 N–H and O–H groups in total. The Hall–Kier alpha value is -6.03. The number of benzene rings is 2. The molecule has 1 unspecified atom stereocenters. The minimum absolute atomic E-state index is 0.0257. The summed E-state index contributed by atoms with van der Waals surface area (Å²) in [6, 6.07) is 10.7. The van der Waals surface area contributed by atoms with Crippen LogP contribution in [-0.4, -0.2) is 187 Å². The Bertz CT molecular complexity index is 2910. The van der Waals surface area contributed by atoms with E-state index in [4.69, 9.17) is 0 Å². The Morgan fingerprint density at radius 1 is 0.839 bits per heavy atom. The van der Waals surface area contributed by atoms with Crippen LogP contribution >= 0.6 is 0 Å². The van der Waals surface area contributed by atoms with Crippen LogP contribution in [0.1, 0.15) is 140 Å². The first-order valence-electron chi connectivity index (χ1n) is 32.8. The molecule has 7 fully saturated rings. The lowest BCUT2D eigenvalue weighted by atomic mass is 9.82. The third kappa shape index (κ3) is 15.0. The SMILES string of the molecule is CN[C@@H](C)C(=O)N[C@H](C(=O)N1CC(NC(=O)CN2C[C@H]3C[C@@H](N(C)CCCNc4cc(N5CCC6(CC5)CN(c5cc(F)c(CN7CCC(C)(C)CC7)cc5F)CC(=O)N6)ncn4)C[C@H]3C2)C[C@H]1C(=O)N[C@H]1CCCc2ccccc21)C1CCCCC1. The highest BCUT2D eigenvalue weighted by atomic mass is 19.1. The topological polar surface area (TPSA) is 203 Å². The Labute approximate surface area is 513 Å². The van der Waals surface area contributed by atoms with Gasteiger partial charge in [-0.2, -0.15) is 0 Å². The van der Waals surface area contributed by atoms with E-state index in [2.05, 4.69) is 94.5 Å². The number of amides is 5. The summed E-state index contributed by atoms with van der Waals surface area (Å²) >= 11 is 0. The Morgan fingerprint density at radius 3 is 2.33 bits per heavy atom. The summed E-state index contributed by atoms with van der Waals surface area (Å²) in [6.07, 6.45) is 15.7. The number of nitrogens with zero attached hydrogens (tertiary/aromatic N) is 8. The van der Waals surface area contributed by atoms with Crippen molar-refractivity contribution in [2.24, 2.45) is 23.2 Å². The van der Waals surface area contributed by atoms with Gasteiger partial charge >= 0.3 is 0 Å². The molecule has 3 aromatic rings. The number of hydrogen-bond acceptors (Lipinski definition) is 14. The fourth-order valence-corrected chi connectivity index (χ4v) is 15.8. The van der Waals surface area contributed by atoms with Crippen LogP contribution in [0.3, 0.4) is 0 Å². The van der Waals surface area contributed by atoms with Crippen molar-refractivity contribution < 1.29 is 32.8 Å². The average Bonchev–Trinajstić information content (AvgIpc) is 3.15. The van der Waals surface area contributed by atoms with Gasteiger partial charge in [-0.3, -0.25) is 33.8 Å². The summed E-state index contributed by atoms with van der Waals surface area (Å²) in [6.45, 7) is 13.8. The van der Waals surface area contributed by atoms with E-state index >= 15 is 8.78 Å². The average molecular weight is 1200 g/mol. The maximum Gasteiger partial charge on any atom is 0.246 e. The molecule has 474 valence electrons. The van der Waals surface area contributed by atoms with E-state index in [1.807, 2.05) is 18.2 Å². The van der Waals surface area contributed by atoms with E-state index in [0.29, 0.717) is 68.9 Å². The molecule has 5 aliphatic heterocycles. The van der Waals surface area contributed by atoms with Gasteiger partial charge in [0.25, 0.3) is 0 Å². The van der Waals surface area contributed by atoms with Crippen LogP contribution in [0.2, 0.25) is 0 Å². The van der Waals surface area contributed by atoms with Crippen molar-refractivity contribution in [2.75, 3.05) is 108 Å². The normalized spacial score (nSPS) is 26.5. The van der Waals surface area contributed by atoms with E-state index in [0.717, 1.165) is 140 Å². The van der Waals surface area contributed by atoms with E-state index in [9.17, 15) is 24.0 Å². The number of nitrogens with one attached hydrogen (secondary N) is 6. The molecule has 1 spiro atoms. The Morgan fingerprint density at radius 2 is 1.59 bits per heavy atom. The van der Waals surface area contributed by atoms with Crippen LogP contribution in [-0.2, 0) is 36.9 Å². The molecule has 87 heavy (non-hydrogen) atoms. The summed E-state index contributed by atoms with van der Waals surface area (Å²) in [5.41, 5.74) is 2.53. The zero-order valence-corrected chi connectivity index (χ0v) is 52.2. The fourth-order valence-electron chi connectivity index (χ4n) is 15.8. The molecular weight excluding hydrogens is 1110 g/mol. The number of carbonyl (C=O) groups excluding carboxylic acids is 5. The summed E-state index contributed by atoms with van der Waals surface area (Å²) in [5, 5.41) is 19.4. The number of aryl methyl sites for hydroxylation is 1. The van der Waals surface area contributed by atoms with Crippen LogP contribution in [0.4, 0.5) is 26.1 Å². The summed E-state index contributed by atoms with van der Waals surface area (Å²) < 4.78 is 31.4. The van der Waals surface area contributed by atoms with Crippen LogP contribution in [0, 0.1) is 34.8 Å². The summed E-state index contributed by atoms with van der Waals surface area (Å²) in [4.78, 5) is 91.5. The number of rotatable bonds is 20. The number of aromatic nitrogens is 2. The number of fused-ring (bicyclic) bond motifs is 2. The van der Waals surface area contributed by atoms with Crippen molar-refractivity contribution in [3.8, 4) is 0 Å². The van der Waals surface area contributed by atoms with Crippen LogP contribution in [0.25, 0.3) is 0 Å². The second-order valence-corrected chi connectivity index (χ2v) is 27.9. The molecule has 0 radical (unpaired) electrons. The molecule has 3 aliphatic carbocycles. The van der Waals surface area contributed by atoms with Gasteiger partial charge in [0, 0.05) is 82.1 Å². The van der Waals surface area contributed by atoms with E-state index in [-0.39, 0.29) is 72.2 Å². The number of likely N-dealkylation sites (tertiary alicyclic amines) is 3. The molecule has 6 heterocycles. The summed E-state index contributed by atoms with van der Waals surface area (Å²) in [5.74, 6) is 0.592. The van der Waals surface area contributed by atoms with Gasteiger partial charge < -0.3 is 51.5 Å². The predicted octanol–water partition coefficient (Wildman–Crippen LogP) is 5.75. The maximum atomic E-state index is 15.8. The maximum absolute atomic E-state index is 15.8. The van der Waals surface area contributed by atoms with Crippen molar-refractivity contribution in [3.05, 3.63) is 77.1 Å². The van der Waals surface area contributed by atoms with Gasteiger partial charge in [0.2, 0.25) is 29.5 Å².